The van der Waals surface area contributed by atoms with Crippen molar-refractivity contribution in [2.45, 2.75) is 13.8 Å². The second-order valence-corrected chi connectivity index (χ2v) is 11.3. The second-order valence-electron chi connectivity index (χ2n) is 8.06. The SMILES string of the molecule is COP(=O)(Nc1nc(-c2ccc(-c3cc4ncccc4o3)cc2)sc1C=O)c1ccc(C)cc1C. The van der Waals surface area contributed by atoms with E-state index in [1.165, 1.54) is 18.4 Å². The summed E-state index contributed by atoms with van der Waals surface area (Å²) in [6.45, 7) is 3.85. The van der Waals surface area contributed by atoms with Crippen LogP contribution in [0.4, 0.5) is 5.82 Å². The summed E-state index contributed by atoms with van der Waals surface area (Å²) < 4.78 is 25.0. The Morgan fingerprint density at radius 3 is 2.51 bits per heavy atom. The summed E-state index contributed by atoms with van der Waals surface area (Å²) in [4.78, 5) is 21.0. The molecule has 0 aliphatic carbocycles. The maximum absolute atomic E-state index is 13.7. The van der Waals surface area contributed by atoms with Crippen LogP contribution in [0.5, 0.6) is 0 Å². The number of fused-ring (bicyclic) bond motifs is 1. The Labute approximate surface area is 206 Å². The number of benzene rings is 2. The molecule has 176 valence electrons. The van der Waals surface area contributed by atoms with Crippen LogP contribution in [0.15, 0.2) is 71.3 Å². The number of nitrogens with zero attached hydrogens (tertiary/aromatic N) is 2. The largest absolute Gasteiger partial charge is 0.454 e. The lowest BCUT2D eigenvalue weighted by molar-refractivity contribution is 0.112. The molecule has 0 spiro atoms. The van der Waals surface area contributed by atoms with Gasteiger partial charge in [-0.15, -0.1) is 11.3 Å². The molecule has 1 unspecified atom stereocenters. The fourth-order valence-corrected chi connectivity index (χ4v) is 6.46. The lowest BCUT2D eigenvalue weighted by Gasteiger charge is -2.19. The van der Waals surface area contributed by atoms with Gasteiger partial charge < -0.3 is 8.94 Å². The second kappa shape index (κ2) is 9.23. The van der Waals surface area contributed by atoms with Crippen molar-refractivity contribution in [3.8, 4) is 21.9 Å². The minimum atomic E-state index is -3.50. The van der Waals surface area contributed by atoms with Crippen LogP contribution < -0.4 is 10.4 Å². The first-order valence-electron chi connectivity index (χ1n) is 10.8. The van der Waals surface area contributed by atoms with Crippen LogP contribution in [0, 0.1) is 13.8 Å². The number of hydrogen-bond donors (Lipinski definition) is 1. The Balaban J connectivity index is 1.45. The van der Waals surface area contributed by atoms with E-state index in [1.54, 1.807) is 12.3 Å². The molecule has 0 fully saturated rings. The highest BCUT2D eigenvalue weighted by Gasteiger charge is 2.29. The van der Waals surface area contributed by atoms with E-state index in [4.69, 9.17) is 8.94 Å². The van der Waals surface area contributed by atoms with Crippen molar-refractivity contribution < 1.29 is 18.3 Å². The van der Waals surface area contributed by atoms with Gasteiger partial charge in [-0.1, -0.05) is 42.0 Å². The number of anilines is 1. The van der Waals surface area contributed by atoms with Crippen LogP contribution >= 0.6 is 18.9 Å². The zero-order chi connectivity index (χ0) is 24.6. The molecule has 9 heteroatoms. The van der Waals surface area contributed by atoms with E-state index in [1.807, 2.05) is 68.4 Å². The van der Waals surface area contributed by atoms with E-state index in [0.717, 1.165) is 39.1 Å². The molecule has 2 aromatic carbocycles. The molecule has 5 aromatic rings. The van der Waals surface area contributed by atoms with Gasteiger partial charge in [0.05, 0.1) is 5.30 Å². The predicted octanol–water partition coefficient (Wildman–Crippen LogP) is 6.62. The number of thiazole rings is 1. The minimum absolute atomic E-state index is 0.234. The van der Waals surface area contributed by atoms with Gasteiger partial charge in [0.15, 0.2) is 17.7 Å². The molecule has 7 nitrogen and oxygen atoms in total. The molecule has 1 N–H and O–H groups in total. The predicted molar refractivity (Wildman–Crippen MR) is 140 cm³/mol. The van der Waals surface area contributed by atoms with Crippen LogP contribution in [0.1, 0.15) is 20.8 Å². The van der Waals surface area contributed by atoms with Crippen molar-refractivity contribution >= 4 is 47.4 Å². The monoisotopic (exact) mass is 503 g/mol. The third-order valence-electron chi connectivity index (χ3n) is 5.64. The standard InChI is InChI=1S/C26H22N3O4PS/c1-16-6-11-23(17(2)13-16)34(31,32-3)29-25-24(15-30)35-26(28-25)19-9-7-18(8-10-19)22-14-20-21(33-22)5-4-12-27-20/h4-15H,1-3H3,(H,29,31). The van der Waals surface area contributed by atoms with E-state index in [-0.39, 0.29) is 5.82 Å². The zero-order valence-corrected chi connectivity index (χ0v) is 21.0. The minimum Gasteiger partial charge on any atom is -0.454 e. The first-order valence-corrected chi connectivity index (χ1v) is 13.3. The van der Waals surface area contributed by atoms with Crippen molar-refractivity contribution in [1.82, 2.24) is 9.97 Å². The van der Waals surface area contributed by atoms with Crippen LogP contribution in [0.2, 0.25) is 0 Å². The van der Waals surface area contributed by atoms with Crippen molar-refractivity contribution in [1.29, 1.82) is 0 Å². The first kappa shape index (κ1) is 23.2. The maximum Gasteiger partial charge on any atom is 0.325 e. The molecule has 0 aliphatic heterocycles. The highest BCUT2D eigenvalue weighted by atomic mass is 32.1. The van der Waals surface area contributed by atoms with E-state index >= 15 is 0 Å². The van der Waals surface area contributed by atoms with Crippen LogP contribution in [0.3, 0.4) is 0 Å². The number of carbonyl (C=O) groups is 1. The summed E-state index contributed by atoms with van der Waals surface area (Å²) in [6.07, 6.45) is 2.44. The molecule has 0 amide bonds. The summed E-state index contributed by atoms with van der Waals surface area (Å²) in [7, 11) is -2.11. The maximum atomic E-state index is 13.7. The topological polar surface area (TPSA) is 94.3 Å². The molecule has 1 atom stereocenters. The van der Waals surface area contributed by atoms with Gasteiger partial charge >= 0.3 is 7.52 Å². The number of pyridine rings is 1. The average molecular weight is 504 g/mol. The number of aldehydes is 1. The average Bonchev–Trinajstić information content (AvgIpc) is 3.48. The van der Waals surface area contributed by atoms with Crippen molar-refractivity contribution in [3.05, 3.63) is 82.9 Å². The fraction of sp³-hybridized carbons (Fsp3) is 0.115. The molecule has 5 rings (SSSR count). The van der Waals surface area contributed by atoms with Gasteiger partial charge in [-0.2, -0.15) is 0 Å². The number of hydrogen-bond acceptors (Lipinski definition) is 7. The summed E-state index contributed by atoms with van der Waals surface area (Å²) in [5.74, 6) is 0.951. The first-order chi connectivity index (χ1) is 16.9. The fourth-order valence-electron chi connectivity index (χ4n) is 3.88. The Hall–Kier alpha value is -3.58. The summed E-state index contributed by atoms with van der Waals surface area (Å²) in [5.41, 5.74) is 5.13. The normalized spacial score (nSPS) is 13.0. The van der Waals surface area contributed by atoms with E-state index < -0.39 is 7.52 Å². The van der Waals surface area contributed by atoms with Gasteiger partial charge in [0.2, 0.25) is 0 Å². The van der Waals surface area contributed by atoms with Crippen LogP contribution in [-0.4, -0.2) is 23.4 Å². The number of rotatable bonds is 7. The molecule has 0 bridgehead atoms. The third-order valence-corrected chi connectivity index (χ3v) is 8.83. The molecule has 0 radical (unpaired) electrons. The van der Waals surface area contributed by atoms with E-state index in [2.05, 4.69) is 15.1 Å². The highest BCUT2D eigenvalue weighted by Crippen LogP contribution is 2.47. The Morgan fingerprint density at radius 1 is 1.06 bits per heavy atom. The Morgan fingerprint density at radius 2 is 1.83 bits per heavy atom. The van der Waals surface area contributed by atoms with Gasteiger partial charge in [-0.3, -0.25) is 19.4 Å². The lowest BCUT2D eigenvalue weighted by Crippen LogP contribution is -2.17. The van der Waals surface area contributed by atoms with Gasteiger partial charge in [0.25, 0.3) is 0 Å². The van der Waals surface area contributed by atoms with Crippen molar-refractivity contribution in [2.75, 3.05) is 12.2 Å². The smallest absolute Gasteiger partial charge is 0.325 e. The van der Waals surface area contributed by atoms with E-state index in [9.17, 15) is 9.36 Å². The summed E-state index contributed by atoms with van der Waals surface area (Å²) >= 11 is 1.22. The van der Waals surface area contributed by atoms with E-state index in [0.29, 0.717) is 21.5 Å². The Kier molecular flexibility index (Phi) is 6.11. The molecule has 3 heterocycles. The zero-order valence-electron chi connectivity index (χ0n) is 19.3. The van der Waals surface area contributed by atoms with Gasteiger partial charge in [0.1, 0.15) is 21.2 Å². The molecule has 3 aromatic heterocycles. The molecule has 0 saturated heterocycles. The molecular weight excluding hydrogens is 481 g/mol. The number of aryl methyl sites for hydroxylation is 2. The van der Waals surface area contributed by atoms with Crippen LogP contribution in [0.25, 0.3) is 33.0 Å². The number of aromatic nitrogens is 2. The van der Waals surface area contributed by atoms with Crippen LogP contribution in [-0.2, 0) is 9.09 Å². The molecule has 35 heavy (non-hydrogen) atoms. The Bertz CT molecular complexity index is 1560. The van der Waals surface area contributed by atoms with Gasteiger partial charge in [-0.05, 0) is 37.6 Å². The number of nitrogens with one attached hydrogen (secondary N) is 1. The number of carbonyl (C=O) groups excluding carboxylic acids is 1. The molecular formula is C26H22N3O4PS. The highest BCUT2D eigenvalue weighted by molar-refractivity contribution is 7.68. The molecule has 0 aliphatic rings. The number of furan rings is 1. The quantitative estimate of drug-likeness (QED) is 0.197. The van der Waals surface area contributed by atoms with Crippen molar-refractivity contribution in [2.24, 2.45) is 0 Å². The summed E-state index contributed by atoms with van der Waals surface area (Å²) in [5, 5.41) is 4.09. The third kappa shape index (κ3) is 4.44. The molecule has 0 saturated carbocycles. The van der Waals surface area contributed by atoms with Gasteiger partial charge in [-0.25, -0.2) is 4.98 Å². The van der Waals surface area contributed by atoms with Crippen molar-refractivity contribution in [3.63, 3.8) is 0 Å². The lowest BCUT2D eigenvalue weighted by atomic mass is 10.1. The summed E-state index contributed by atoms with van der Waals surface area (Å²) in [6, 6.07) is 18.9. The van der Waals surface area contributed by atoms with Gasteiger partial charge in [0, 0.05) is 30.5 Å².